The van der Waals surface area contributed by atoms with Crippen molar-refractivity contribution in [3.8, 4) is 22.8 Å². The van der Waals surface area contributed by atoms with Crippen LogP contribution in [-0.4, -0.2) is 42.4 Å². The largest absolute Gasteiger partial charge is 0.493 e. The highest BCUT2D eigenvalue weighted by atomic mass is 79.9. The van der Waals surface area contributed by atoms with Crippen LogP contribution in [0.15, 0.2) is 72.4 Å². The molecule has 0 spiro atoms. The van der Waals surface area contributed by atoms with Gasteiger partial charge in [0, 0.05) is 16.1 Å². The van der Waals surface area contributed by atoms with Crippen LogP contribution in [0.4, 0.5) is 0 Å². The number of nitrogens with zero attached hydrogens (tertiary/aromatic N) is 2. The fraction of sp³-hybridized carbons (Fsp3) is 0.200. The zero-order valence-corrected chi connectivity index (χ0v) is 26.4. The Labute approximate surface area is 262 Å². The Bertz CT molecular complexity index is 1990. The number of esters is 1. The Kier molecular flexibility index (Phi) is 8.63. The fourth-order valence-electron chi connectivity index (χ4n) is 4.72. The van der Waals surface area contributed by atoms with Crippen molar-refractivity contribution in [1.29, 1.82) is 0 Å². The molecule has 1 N–H and O–H groups in total. The normalized spacial score (nSPS) is 14.7. The fourth-order valence-corrected chi connectivity index (χ4v) is 6.49. The number of carboxylic acids is 1. The molecule has 10 nitrogen and oxygen atoms in total. The lowest BCUT2D eigenvalue weighted by Crippen LogP contribution is -2.40. The molecule has 1 unspecified atom stereocenters. The number of fused-ring (bicyclic) bond motifs is 1. The van der Waals surface area contributed by atoms with Gasteiger partial charge in [-0.3, -0.25) is 9.36 Å². The SMILES string of the molecule is CCOC(=O)C1=C(C)N=c2sc(=Cc3ccc(-c4ccc(Cl)c(C(=O)O)c4)o3)c(=O)n2C1c1cc(OC)c(OC)cc1Br. The maximum atomic E-state index is 14.0. The van der Waals surface area contributed by atoms with Crippen LogP contribution in [0.1, 0.15) is 41.6 Å². The van der Waals surface area contributed by atoms with Crippen LogP contribution in [0.3, 0.4) is 0 Å². The summed E-state index contributed by atoms with van der Waals surface area (Å²) in [6, 6.07) is 10.4. The summed E-state index contributed by atoms with van der Waals surface area (Å²) in [6.07, 6.45) is 1.57. The minimum atomic E-state index is -1.16. The van der Waals surface area contributed by atoms with E-state index < -0.39 is 23.5 Å². The summed E-state index contributed by atoms with van der Waals surface area (Å²) < 4.78 is 24.6. The summed E-state index contributed by atoms with van der Waals surface area (Å²) in [4.78, 5) is 43.7. The molecule has 4 aromatic rings. The molecule has 222 valence electrons. The molecular formula is C30H24BrClN2O8S. The van der Waals surface area contributed by atoms with Crippen molar-refractivity contribution in [2.24, 2.45) is 4.99 Å². The molecule has 0 amide bonds. The number of thiazole rings is 1. The van der Waals surface area contributed by atoms with Crippen LogP contribution < -0.4 is 24.4 Å². The number of halogens is 2. The number of aromatic nitrogens is 1. The van der Waals surface area contributed by atoms with Gasteiger partial charge < -0.3 is 23.7 Å². The Morgan fingerprint density at radius 3 is 2.56 bits per heavy atom. The highest BCUT2D eigenvalue weighted by Crippen LogP contribution is 2.40. The zero-order valence-electron chi connectivity index (χ0n) is 23.3. The van der Waals surface area contributed by atoms with Gasteiger partial charge in [-0.1, -0.05) is 38.9 Å². The monoisotopic (exact) mass is 686 g/mol. The van der Waals surface area contributed by atoms with Crippen molar-refractivity contribution >= 4 is 56.9 Å². The van der Waals surface area contributed by atoms with Gasteiger partial charge in [0.05, 0.1) is 53.3 Å². The average Bonchev–Trinajstić information content (AvgIpc) is 3.56. The highest BCUT2D eigenvalue weighted by Gasteiger charge is 2.35. The second-order valence-corrected chi connectivity index (χ2v) is 11.5. The van der Waals surface area contributed by atoms with Gasteiger partial charge in [-0.25, -0.2) is 14.6 Å². The summed E-state index contributed by atoms with van der Waals surface area (Å²) in [5, 5.41) is 9.52. The third-order valence-corrected chi connectivity index (χ3v) is 8.70. The predicted octanol–water partition coefficient (Wildman–Crippen LogP) is 5.19. The summed E-state index contributed by atoms with van der Waals surface area (Å²) >= 11 is 10.7. The first-order chi connectivity index (χ1) is 20.6. The number of benzene rings is 2. The number of carbonyl (C=O) groups excluding carboxylic acids is 1. The number of hydrogen-bond donors (Lipinski definition) is 1. The minimum Gasteiger partial charge on any atom is -0.493 e. The molecule has 2 aromatic heterocycles. The topological polar surface area (TPSA) is 130 Å². The number of aromatic carboxylic acids is 1. The van der Waals surface area contributed by atoms with Crippen molar-refractivity contribution in [3.63, 3.8) is 0 Å². The van der Waals surface area contributed by atoms with Gasteiger partial charge in [-0.2, -0.15) is 0 Å². The Morgan fingerprint density at radius 2 is 1.88 bits per heavy atom. The number of allylic oxidation sites excluding steroid dienone is 1. The van der Waals surface area contributed by atoms with Gasteiger partial charge in [-0.05, 0) is 61.9 Å². The van der Waals surface area contributed by atoms with E-state index in [1.165, 1.54) is 30.9 Å². The molecule has 0 saturated heterocycles. The molecule has 3 heterocycles. The van der Waals surface area contributed by atoms with Gasteiger partial charge >= 0.3 is 11.9 Å². The lowest BCUT2D eigenvalue weighted by atomic mass is 9.95. The van der Waals surface area contributed by atoms with Gasteiger partial charge in [0.25, 0.3) is 5.56 Å². The molecule has 2 aromatic carbocycles. The molecule has 43 heavy (non-hydrogen) atoms. The Hall–Kier alpha value is -4.13. The van der Waals surface area contributed by atoms with Crippen molar-refractivity contribution in [1.82, 2.24) is 4.57 Å². The smallest absolute Gasteiger partial charge is 0.338 e. The van der Waals surface area contributed by atoms with E-state index in [9.17, 15) is 19.5 Å². The average molecular weight is 688 g/mol. The Morgan fingerprint density at radius 1 is 1.16 bits per heavy atom. The van der Waals surface area contributed by atoms with Crippen LogP contribution in [0.5, 0.6) is 11.5 Å². The molecule has 0 saturated carbocycles. The lowest BCUT2D eigenvalue weighted by molar-refractivity contribution is -0.139. The van der Waals surface area contributed by atoms with Crippen molar-refractivity contribution in [2.45, 2.75) is 19.9 Å². The van der Waals surface area contributed by atoms with E-state index in [0.717, 1.165) is 11.3 Å². The first-order valence-corrected chi connectivity index (χ1v) is 14.8. The van der Waals surface area contributed by atoms with Crippen molar-refractivity contribution < 1.29 is 33.3 Å². The molecule has 1 aliphatic heterocycles. The Balaban J connectivity index is 1.66. The maximum absolute atomic E-state index is 14.0. The molecular weight excluding hydrogens is 664 g/mol. The number of rotatable bonds is 8. The summed E-state index contributed by atoms with van der Waals surface area (Å²) in [5.41, 5.74) is 1.25. The third kappa shape index (κ3) is 5.65. The summed E-state index contributed by atoms with van der Waals surface area (Å²) in [6.45, 7) is 3.54. The summed E-state index contributed by atoms with van der Waals surface area (Å²) in [7, 11) is 3.01. The van der Waals surface area contributed by atoms with Gasteiger partial charge in [0.15, 0.2) is 16.3 Å². The predicted molar refractivity (Wildman–Crippen MR) is 164 cm³/mol. The van der Waals surface area contributed by atoms with E-state index in [0.29, 0.717) is 53.6 Å². The zero-order chi connectivity index (χ0) is 31.0. The number of carboxylic acid groups (broad SMARTS) is 1. The molecule has 0 bridgehead atoms. The third-order valence-electron chi connectivity index (χ3n) is 6.70. The van der Waals surface area contributed by atoms with Gasteiger partial charge in [0.1, 0.15) is 11.5 Å². The number of carbonyl (C=O) groups is 2. The van der Waals surface area contributed by atoms with Crippen LogP contribution >= 0.6 is 38.9 Å². The van der Waals surface area contributed by atoms with E-state index in [1.807, 2.05) is 0 Å². The number of ether oxygens (including phenoxy) is 3. The molecule has 5 rings (SSSR count). The molecule has 1 aliphatic rings. The first kappa shape index (κ1) is 30.3. The number of hydrogen-bond acceptors (Lipinski definition) is 9. The van der Waals surface area contributed by atoms with Crippen LogP contribution in [0.2, 0.25) is 5.02 Å². The second-order valence-electron chi connectivity index (χ2n) is 9.23. The number of furan rings is 1. The highest BCUT2D eigenvalue weighted by molar-refractivity contribution is 9.10. The van der Waals surface area contributed by atoms with Gasteiger partial charge in [-0.15, -0.1) is 0 Å². The van der Waals surface area contributed by atoms with E-state index in [2.05, 4.69) is 20.9 Å². The van der Waals surface area contributed by atoms with Crippen molar-refractivity contribution in [3.05, 3.63) is 99.8 Å². The second kappa shape index (κ2) is 12.2. The maximum Gasteiger partial charge on any atom is 0.338 e. The molecule has 1 atom stereocenters. The van der Waals surface area contributed by atoms with Crippen molar-refractivity contribution in [2.75, 3.05) is 20.8 Å². The van der Waals surface area contributed by atoms with Crippen LogP contribution in [-0.2, 0) is 9.53 Å². The van der Waals surface area contributed by atoms with E-state index >= 15 is 0 Å². The van der Waals surface area contributed by atoms with Crippen LogP contribution in [0.25, 0.3) is 17.4 Å². The van der Waals surface area contributed by atoms with E-state index in [-0.39, 0.29) is 22.8 Å². The lowest BCUT2D eigenvalue weighted by Gasteiger charge is -2.26. The van der Waals surface area contributed by atoms with Crippen LogP contribution in [0, 0.1) is 0 Å². The first-order valence-electron chi connectivity index (χ1n) is 12.8. The summed E-state index contributed by atoms with van der Waals surface area (Å²) in [5.74, 6) is -0.120. The number of methoxy groups -OCH3 is 2. The van der Waals surface area contributed by atoms with Gasteiger partial charge in [0.2, 0.25) is 0 Å². The molecule has 0 radical (unpaired) electrons. The minimum absolute atomic E-state index is 0.0560. The standard InChI is InChI=1S/C30H24BrClN2O8S/c1-5-41-29(38)25-14(2)33-30-34(26(25)17-12-22(39-3)23(40-4)13-19(17)31)27(35)24(43-30)11-16-7-9-21(42-16)15-6-8-20(32)18(10-15)28(36)37/h6-13,26H,5H2,1-4H3,(H,36,37). The molecule has 0 fully saturated rings. The quantitative estimate of drug-likeness (QED) is 0.251. The molecule has 13 heteroatoms. The molecule has 0 aliphatic carbocycles. The van der Waals surface area contributed by atoms with E-state index in [1.54, 1.807) is 50.3 Å². The van der Waals surface area contributed by atoms with E-state index in [4.69, 9.17) is 30.2 Å².